The van der Waals surface area contributed by atoms with Crippen molar-refractivity contribution < 1.29 is 13.2 Å². The van der Waals surface area contributed by atoms with Gasteiger partial charge in [-0.3, -0.25) is 0 Å². The fraction of sp³-hybridized carbons (Fsp3) is 0.222. The first-order chi connectivity index (χ1) is 6.46. The smallest absolute Gasteiger partial charge is 0.198 e. The van der Waals surface area contributed by atoms with E-state index in [0.29, 0.717) is 3.57 Å². The van der Waals surface area contributed by atoms with Gasteiger partial charge in [0.25, 0.3) is 0 Å². The van der Waals surface area contributed by atoms with Crippen LogP contribution >= 0.6 is 22.6 Å². The largest absolute Gasteiger partial charge is 0.416 e. The molecule has 14 heavy (non-hydrogen) atoms. The van der Waals surface area contributed by atoms with Gasteiger partial charge in [0, 0.05) is 3.57 Å². The predicted octanol–water partition coefficient (Wildman–Crippen LogP) is 3.38. The van der Waals surface area contributed by atoms with E-state index in [2.05, 4.69) is 0 Å². The van der Waals surface area contributed by atoms with Crippen molar-refractivity contribution in [1.82, 2.24) is 0 Å². The lowest BCUT2D eigenvalue weighted by Crippen LogP contribution is -2.10. The summed E-state index contributed by atoms with van der Waals surface area (Å²) in [7, 11) is 0. The zero-order chi connectivity index (χ0) is 10.8. The molecule has 0 saturated heterocycles. The second-order valence-electron chi connectivity index (χ2n) is 2.60. The predicted molar refractivity (Wildman–Crippen MR) is 53.5 cm³/mol. The second kappa shape index (κ2) is 4.17. The molecule has 0 fully saturated rings. The number of benzene rings is 1. The van der Waals surface area contributed by atoms with Crippen molar-refractivity contribution in [2.24, 2.45) is 0 Å². The van der Waals surface area contributed by atoms with Gasteiger partial charge in [-0.1, -0.05) is 6.07 Å². The van der Waals surface area contributed by atoms with E-state index >= 15 is 0 Å². The van der Waals surface area contributed by atoms with Crippen molar-refractivity contribution in [2.75, 3.05) is 0 Å². The Kier molecular flexibility index (Phi) is 3.37. The molecule has 0 saturated carbocycles. The number of hydrogen-bond donors (Lipinski definition) is 0. The number of halogens is 4. The highest BCUT2D eigenvalue weighted by atomic mass is 127. The van der Waals surface area contributed by atoms with Gasteiger partial charge >= 0.3 is 6.18 Å². The maximum atomic E-state index is 12.4. The van der Waals surface area contributed by atoms with Crippen molar-refractivity contribution in [3.8, 4) is 6.07 Å². The van der Waals surface area contributed by atoms with Gasteiger partial charge in [-0.2, -0.15) is 18.4 Å². The number of nitrogens with zero attached hydrogens (tertiary/aromatic N) is 1. The highest BCUT2D eigenvalue weighted by Crippen LogP contribution is 2.33. The Balaban J connectivity index is 3.30. The van der Waals surface area contributed by atoms with E-state index in [1.54, 1.807) is 34.7 Å². The summed E-state index contributed by atoms with van der Waals surface area (Å²) in [4.78, 5) is 0. The minimum atomic E-state index is -4.38. The highest BCUT2D eigenvalue weighted by molar-refractivity contribution is 14.1. The van der Waals surface area contributed by atoms with E-state index in [1.807, 2.05) is 0 Å². The summed E-state index contributed by atoms with van der Waals surface area (Å²) < 4.78 is 37.8. The van der Waals surface area contributed by atoms with E-state index in [1.165, 1.54) is 6.07 Å². The normalized spacial score (nSPS) is 11.1. The summed E-state index contributed by atoms with van der Waals surface area (Å²) in [6, 6.07) is 5.62. The topological polar surface area (TPSA) is 23.8 Å². The SMILES string of the molecule is N#CCc1c(I)cccc1C(F)(F)F. The molecule has 1 aromatic rings. The summed E-state index contributed by atoms with van der Waals surface area (Å²) >= 11 is 1.80. The van der Waals surface area contributed by atoms with Gasteiger partial charge in [0.15, 0.2) is 0 Å². The molecule has 1 rings (SSSR count). The third-order valence-electron chi connectivity index (χ3n) is 1.68. The molecule has 0 aromatic heterocycles. The molecule has 5 heteroatoms. The van der Waals surface area contributed by atoms with Gasteiger partial charge in [0.1, 0.15) is 0 Å². The molecule has 0 bridgehead atoms. The van der Waals surface area contributed by atoms with Crippen LogP contribution in [0.25, 0.3) is 0 Å². The highest BCUT2D eigenvalue weighted by Gasteiger charge is 2.33. The van der Waals surface area contributed by atoms with E-state index in [9.17, 15) is 13.2 Å². The summed E-state index contributed by atoms with van der Waals surface area (Å²) in [6.07, 6.45) is -4.60. The van der Waals surface area contributed by atoms with Crippen LogP contribution < -0.4 is 0 Å². The fourth-order valence-corrected chi connectivity index (χ4v) is 1.77. The van der Waals surface area contributed by atoms with Crippen LogP contribution in [0.3, 0.4) is 0 Å². The van der Waals surface area contributed by atoms with Crippen molar-refractivity contribution in [3.63, 3.8) is 0 Å². The van der Waals surface area contributed by atoms with Gasteiger partial charge < -0.3 is 0 Å². The van der Waals surface area contributed by atoms with Gasteiger partial charge in [0.05, 0.1) is 18.1 Å². The van der Waals surface area contributed by atoms with Crippen LogP contribution in [0.2, 0.25) is 0 Å². The Morgan fingerprint density at radius 3 is 2.50 bits per heavy atom. The minimum absolute atomic E-state index is 0.0584. The molecule has 1 nitrogen and oxygen atoms in total. The minimum Gasteiger partial charge on any atom is -0.198 e. The van der Waals surface area contributed by atoms with Gasteiger partial charge in [0.2, 0.25) is 0 Å². The molecule has 1 aromatic carbocycles. The molecule has 74 valence electrons. The van der Waals surface area contributed by atoms with E-state index in [0.717, 1.165) is 6.07 Å². The molecule has 0 atom stereocenters. The van der Waals surface area contributed by atoms with Crippen LogP contribution in [-0.4, -0.2) is 0 Å². The Bertz CT molecular complexity index is 379. The van der Waals surface area contributed by atoms with Crippen molar-refractivity contribution in [1.29, 1.82) is 5.26 Å². The number of hydrogen-bond acceptors (Lipinski definition) is 1. The van der Waals surface area contributed by atoms with Crippen molar-refractivity contribution >= 4 is 22.6 Å². The molecule has 0 radical (unpaired) electrons. The standard InChI is InChI=1S/C9H5F3IN/c10-9(11,12)7-2-1-3-8(13)6(7)4-5-14/h1-3H,4H2. The zero-order valence-corrected chi connectivity index (χ0v) is 9.06. The fourth-order valence-electron chi connectivity index (χ4n) is 1.08. The van der Waals surface area contributed by atoms with Crippen LogP contribution in [0.1, 0.15) is 11.1 Å². The van der Waals surface area contributed by atoms with Crippen LogP contribution in [0, 0.1) is 14.9 Å². The van der Waals surface area contributed by atoms with E-state index in [4.69, 9.17) is 5.26 Å². The quantitative estimate of drug-likeness (QED) is 0.730. The monoisotopic (exact) mass is 311 g/mol. The van der Waals surface area contributed by atoms with Crippen LogP contribution in [-0.2, 0) is 12.6 Å². The number of nitriles is 1. The Morgan fingerprint density at radius 1 is 1.36 bits per heavy atom. The maximum absolute atomic E-state index is 12.4. The van der Waals surface area contributed by atoms with Crippen LogP contribution in [0.5, 0.6) is 0 Å². The lowest BCUT2D eigenvalue weighted by atomic mass is 10.1. The second-order valence-corrected chi connectivity index (χ2v) is 3.76. The van der Waals surface area contributed by atoms with Gasteiger partial charge in [-0.15, -0.1) is 0 Å². The third-order valence-corrected chi connectivity index (χ3v) is 2.69. The first kappa shape index (κ1) is 11.3. The zero-order valence-electron chi connectivity index (χ0n) is 6.90. The lowest BCUT2D eigenvalue weighted by Gasteiger charge is -2.11. The molecule has 0 N–H and O–H groups in total. The molecular weight excluding hydrogens is 306 g/mol. The Labute approximate surface area is 92.7 Å². The van der Waals surface area contributed by atoms with Crippen LogP contribution in [0.4, 0.5) is 13.2 Å². The first-order valence-electron chi connectivity index (χ1n) is 3.68. The molecule has 0 amide bonds. The average molecular weight is 311 g/mol. The molecular formula is C9H5F3IN. The Hall–Kier alpha value is -0.770. The van der Waals surface area contributed by atoms with E-state index < -0.39 is 11.7 Å². The molecule has 0 aliphatic carbocycles. The van der Waals surface area contributed by atoms with Crippen LogP contribution in [0.15, 0.2) is 18.2 Å². The summed E-state index contributed by atoms with van der Waals surface area (Å²) in [5, 5.41) is 8.41. The third kappa shape index (κ3) is 2.38. The Morgan fingerprint density at radius 2 is 2.00 bits per heavy atom. The summed E-state index contributed by atoms with van der Waals surface area (Å²) in [5.74, 6) is 0. The number of rotatable bonds is 1. The molecule has 0 unspecified atom stereocenters. The van der Waals surface area contributed by atoms with Gasteiger partial charge in [-0.05, 0) is 40.3 Å². The van der Waals surface area contributed by atoms with Crippen molar-refractivity contribution in [2.45, 2.75) is 12.6 Å². The summed E-state index contributed by atoms with van der Waals surface area (Å²) in [5.41, 5.74) is -0.658. The van der Waals surface area contributed by atoms with E-state index in [-0.39, 0.29) is 12.0 Å². The lowest BCUT2D eigenvalue weighted by molar-refractivity contribution is -0.138. The maximum Gasteiger partial charge on any atom is 0.416 e. The molecule has 0 heterocycles. The van der Waals surface area contributed by atoms with Gasteiger partial charge in [-0.25, -0.2) is 0 Å². The first-order valence-corrected chi connectivity index (χ1v) is 4.76. The number of alkyl halides is 3. The molecule has 0 spiro atoms. The summed E-state index contributed by atoms with van der Waals surface area (Å²) in [6.45, 7) is 0. The molecule has 0 aliphatic heterocycles. The van der Waals surface area contributed by atoms with Crippen molar-refractivity contribution in [3.05, 3.63) is 32.9 Å². The molecule has 0 aliphatic rings. The average Bonchev–Trinajstić information content (AvgIpc) is 2.07.